The molecule has 330 valence electrons. The molecule has 58 heavy (non-hydrogen) atoms. The number of aliphatic carboxylic acids is 1. The van der Waals surface area contributed by atoms with Gasteiger partial charge in [-0.2, -0.15) is 15.2 Å². The maximum atomic E-state index is 13.7. The van der Waals surface area contributed by atoms with Crippen LogP contribution in [0.5, 0.6) is 0 Å². The summed E-state index contributed by atoms with van der Waals surface area (Å²) in [5.74, 6) is -7.99. The molecular formula is C34H58N8O15S. The fourth-order valence-corrected chi connectivity index (χ4v) is 6.99. The quantitative estimate of drug-likeness (QED) is 0.00814. The molecule has 0 bridgehead atoms. The van der Waals surface area contributed by atoms with Crippen LogP contribution in [0.3, 0.4) is 0 Å². The second-order valence-electron chi connectivity index (χ2n) is 13.3. The van der Waals surface area contributed by atoms with Crippen LogP contribution in [0.15, 0.2) is 0 Å². The number of ketones is 3. The molecule has 10 N–H and O–H groups in total. The number of nitrogens with one attached hydrogen (secondary N) is 5. The highest BCUT2D eigenvalue weighted by atomic mass is 32.2. The zero-order chi connectivity index (χ0) is 43.5. The number of thioether (sulfide) groups is 1. The van der Waals surface area contributed by atoms with Crippen LogP contribution in [0.4, 0.5) is 0 Å². The number of rotatable bonds is 37. The Morgan fingerprint density at radius 3 is 2.31 bits per heavy atom. The fourth-order valence-electron chi connectivity index (χ4n) is 5.68. The number of nitrogens with zero attached hydrogens (tertiary/aromatic N) is 2. The van der Waals surface area contributed by atoms with E-state index in [4.69, 9.17) is 20.4 Å². The average Bonchev–Trinajstić information content (AvgIpc) is 3.44. The number of hydrogen-bond donors (Lipinski definition) is 9. The number of Topliss-reactive ketones (excluding diaryl/α,β-unsaturated/α-hetero) is 3. The average molecular weight is 851 g/mol. The Kier molecular flexibility index (Phi) is 26.3. The van der Waals surface area contributed by atoms with Gasteiger partial charge in [0.15, 0.2) is 5.78 Å². The Balaban J connectivity index is 2.88. The first-order valence-electron chi connectivity index (χ1n) is 18.8. The predicted molar refractivity (Wildman–Crippen MR) is 203 cm³/mol. The van der Waals surface area contributed by atoms with E-state index in [0.717, 1.165) is 23.6 Å². The van der Waals surface area contributed by atoms with Crippen molar-refractivity contribution in [3.63, 3.8) is 0 Å². The highest BCUT2D eigenvalue weighted by molar-refractivity contribution is 8.00. The van der Waals surface area contributed by atoms with Crippen LogP contribution in [-0.2, 0) is 57.6 Å². The van der Waals surface area contributed by atoms with Gasteiger partial charge in [-0.25, -0.2) is 5.26 Å². The van der Waals surface area contributed by atoms with Gasteiger partial charge in [-0.15, -0.1) is 11.8 Å². The third-order valence-corrected chi connectivity index (χ3v) is 10.2. The number of ether oxygens (including phenoxy) is 1. The lowest BCUT2D eigenvalue weighted by Gasteiger charge is -2.33. The number of amides is 5. The molecule has 1 heterocycles. The van der Waals surface area contributed by atoms with E-state index < -0.39 is 70.7 Å². The lowest BCUT2D eigenvalue weighted by atomic mass is 10.0. The summed E-state index contributed by atoms with van der Waals surface area (Å²) in [6.07, 6.45) is 3.12. The Labute approximate surface area is 339 Å². The number of hydrazine groups is 1. The molecule has 1 aliphatic rings. The summed E-state index contributed by atoms with van der Waals surface area (Å²) in [5, 5.41) is 38.3. The van der Waals surface area contributed by atoms with Crippen LogP contribution in [0, 0.1) is 5.92 Å². The lowest BCUT2D eigenvalue weighted by molar-refractivity contribution is -0.502. The smallest absolute Gasteiger partial charge is 0.362 e. The number of likely N-dealkylation sites (tertiary alicyclic amines) is 1. The molecule has 0 spiro atoms. The van der Waals surface area contributed by atoms with Gasteiger partial charge in [0.2, 0.25) is 36.3 Å². The number of methoxy groups -OCH3 is 1. The van der Waals surface area contributed by atoms with Crippen molar-refractivity contribution in [3.05, 3.63) is 0 Å². The molecule has 3 unspecified atom stereocenters. The fraction of sp³-hybridized carbons (Fsp3) is 0.735. The lowest BCUT2D eigenvalue weighted by Crippen LogP contribution is -2.65. The van der Waals surface area contributed by atoms with Crippen LogP contribution in [-0.4, -0.2) is 155 Å². The van der Waals surface area contributed by atoms with Crippen molar-refractivity contribution in [1.82, 2.24) is 36.9 Å². The minimum atomic E-state index is -3.03. The first-order valence-corrected chi connectivity index (χ1v) is 19.8. The van der Waals surface area contributed by atoms with E-state index in [2.05, 4.69) is 26.3 Å². The van der Waals surface area contributed by atoms with Gasteiger partial charge in [-0.05, 0) is 65.0 Å². The molecule has 1 fully saturated rings. The van der Waals surface area contributed by atoms with Crippen molar-refractivity contribution >= 4 is 65.6 Å². The van der Waals surface area contributed by atoms with Crippen molar-refractivity contribution in [3.8, 4) is 0 Å². The number of nitrogens with two attached hydrogens (primary N) is 1. The Morgan fingerprint density at radius 1 is 1.00 bits per heavy atom. The van der Waals surface area contributed by atoms with Gasteiger partial charge in [0.1, 0.15) is 12.4 Å². The Bertz CT molecular complexity index is 1360. The monoisotopic (exact) mass is 850 g/mol. The van der Waals surface area contributed by atoms with Gasteiger partial charge in [0, 0.05) is 50.0 Å². The topological polar surface area (TPSA) is 335 Å². The minimum Gasteiger partial charge on any atom is -0.481 e. The summed E-state index contributed by atoms with van der Waals surface area (Å²) >= 11 is 1.16. The third-order valence-electron chi connectivity index (χ3n) is 8.80. The van der Waals surface area contributed by atoms with Crippen molar-refractivity contribution in [1.29, 1.82) is 0 Å². The first kappa shape index (κ1) is 52.0. The molecule has 1 rings (SSSR count). The third kappa shape index (κ3) is 19.2. The second-order valence-corrected chi connectivity index (χ2v) is 14.5. The molecule has 0 aromatic rings. The molecule has 5 atom stereocenters. The van der Waals surface area contributed by atoms with Crippen molar-refractivity contribution in [2.24, 2.45) is 11.7 Å². The van der Waals surface area contributed by atoms with Gasteiger partial charge in [0.25, 0.3) is 0 Å². The number of carbonyl (C=O) groups is 9. The number of imide groups is 1. The zero-order valence-corrected chi connectivity index (χ0v) is 33.6. The molecule has 0 aliphatic carbocycles. The van der Waals surface area contributed by atoms with Crippen LogP contribution in [0.25, 0.3) is 0 Å². The number of carbonyl (C=O) groups excluding carboxylic acids is 8. The van der Waals surface area contributed by atoms with Crippen molar-refractivity contribution in [2.75, 3.05) is 52.2 Å². The summed E-state index contributed by atoms with van der Waals surface area (Å²) in [5.41, 5.74) is 7.73. The van der Waals surface area contributed by atoms with E-state index in [0.29, 0.717) is 64.4 Å². The van der Waals surface area contributed by atoms with E-state index in [9.17, 15) is 53.6 Å². The summed E-state index contributed by atoms with van der Waals surface area (Å²) in [6, 6.07) is -2.47. The largest absolute Gasteiger partial charge is 0.481 e. The maximum absolute atomic E-state index is 13.7. The van der Waals surface area contributed by atoms with Crippen molar-refractivity contribution in [2.45, 2.75) is 101 Å². The molecule has 23 nitrogen and oxygen atoms in total. The highest BCUT2D eigenvalue weighted by Gasteiger charge is 2.48. The molecule has 0 radical (unpaired) electrons. The van der Waals surface area contributed by atoms with Gasteiger partial charge in [-0.3, -0.25) is 58.6 Å². The van der Waals surface area contributed by atoms with Crippen LogP contribution >= 0.6 is 11.8 Å². The SMILES string of the molecule is COCC(=O)CN1C(=O)CC(SCC(CCCCNC=O)C(=O)NCCCCN[C@@H](CCCCN)C(=O)C(NC=O)(OO)ON(O)N[C@@H](CCC(=O)O)C(C)=O)C1=O. The van der Waals surface area contributed by atoms with Gasteiger partial charge in [0.05, 0.1) is 23.9 Å². The molecule has 0 saturated carbocycles. The minimum absolute atomic E-state index is 0.0469. The molecular weight excluding hydrogens is 792 g/mol. The summed E-state index contributed by atoms with van der Waals surface area (Å²) in [4.78, 5) is 120. The molecule has 0 aromatic heterocycles. The molecule has 24 heteroatoms. The molecule has 0 aromatic carbocycles. The van der Waals surface area contributed by atoms with Crippen LogP contribution in [0.2, 0.25) is 0 Å². The van der Waals surface area contributed by atoms with E-state index in [1.165, 1.54) is 7.11 Å². The van der Waals surface area contributed by atoms with E-state index in [-0.39, 0.29) is 68.9 Å². The predicted octanol–water partition coefficient (Wildman–Crippen LogP) is -2.01. The zero-order valence-electron chi connectivity index (χ0n) is 32.8. The number of unbranched alkanes of at least 4 members (excludes halogenated alkanes) is 3. The Morgan fingerprint density at radius 2 is 1.69 bits per heavy atom. The second kappa shape index (κ2) is 29.3. The van der Waals surface area contributed by atoms with E-state index in [1.54, 1.807) is 0 Å². The summed E-state index contributed by atoms with van der Waals surface area (Å²) in [6.45, 7) is 1.59. The molecule has 1 saturated heterocycles. The normalized spacial score (nSPS) is 16.7. The number of carboxylic acid groups (broad SMARTS) is 1. The number of carboxylic acids is 1. The number of hydrogen-bond acceptors (Lipinski definition) is 19. The van der Waals surface area contributed by atoms with E-state index in [1.807, 2.05) is 5.32 Å². The van der Waals surface area contributed by atoms with Gasteiger partial charge >= 0.3 is 11.9 Å². The van der Waals surface area contributed by atoms with Gasteiger partial charge < -0.3 is 31.5 Å². The molecule has 1 aliphatic heterocycles. The van der Waals surface area contributed by atoms with Crippen molar-refractivity contribution < 1.29 is 73.2 Å². The standard InChI is InChI=1S/C34H58N8O15S/c1-23(45)26(11-12-30(48)49)40-42(53)56-34(57-54,39-22-44)31(50)27(10-3-5-13-35)37-15-7-8-16-38-32(51)24(9-4-6-14-36-21-43)20-58-28-17-29(47)41(33(28)52)18-25(46)19-55-2/h21-22,24,26-28,37,40,53-54H,3-20,35H2,1-2H3,(H,36,43)(H,38,51)(H,39,44)(H,48,49)/t24?,26-,27-,28?,34?/m0/s1. The first-order chi connectivity index (χ1) is 27.7. The van der Waals surface area contributed by atoms with Crippen LogP contribution in [0.1, 0.15) is 77.6 Å². The molecule has 5 amide bonds. The summed E-state index contributed by atoms with van der Waals surface area (Å²) < 4.78 is 4.78. The Hall–Kier alpha value is -3.98. The maximum Gasteiger partial charge on any atom is 0.362 e. The highest BCUT2D eigenvalue weighted by Crippen LogP contribution is 2.28. The summed E-state index contributed by atoms with van der Waals surface area (Å²) in [7, 11) is 1.33. The van der Waals surface area contributed by atoms with Gasteiger partial charge in [-0.1, -0.05) is 12.8 Å². The van der Waals surface area contributed by atoms with Crippen LogP contribution < -0.4 is 32.4 Å². The van der Waals surface area contributed by atoms with E-state index >= 15 is 0 Å².